The van der Waals surface area contributed by atoms with E-state index < -0.39 is 0 Å². The summed E-state index contributed by atoms with van der Waals surface area (Å²) >= 11 is 7.51. The van der Waals surface area contributed by atoms with Gasteiger partial charge in [0.2, 0.25) is 0 Å². The van der Waals surface area contributed by atoms with Crippen LogP contribution in [0, 0.1) is 25.2 Å². The lowest BCUT2D eigenvalue weighted by Gasteiger charge is -1.98. The molecule has 1 heterocycles. The van der Waals surface area contributed by atoms with Crippen LogP contribution in [0.1, 0.15) is 16.0 Å². The number of thiophene rings is 1. The van der Waals surface area contributed by atoms with Crippen molar-refractivity contribution in [3.63, 3.8) is 0 Å². The van der Waals surface area contributed by atoms with Crippen molar-refractivity contribution in [3.8, 4) is 16.5 Å². The lowest BCUT2D eigenvalue weighted by molar-refractivity contribution is 1.39. The second kappa shape index (κ2) is 4.29. The van der Waals surface area contributed by atoms with Gasteiger partial charge in [0.1, 0.15) is 6.07 Å². The quantitative estimate of drug-likeness (QED) is 0.725. The van der Waals surface area contributed by atoms with E-state index in [4.69, 9.17) is 16.9 Å². The van der Waals surface area contributed by atoms with Gasteiger partial charge >= 0.3 is 0 Å². The van der Waals surface area contributed by atoms with Crippen molar-refractivity contribution in [2.75, 3.05) is 0 Å². The fourth-order valence-corrected chi connectivity index (χ4v) is 2.81. The van der Waals surface area contributed by atoms with Gasteiger partial charge in [-0.1, -0.05) is 23.7 Å². The Morgan fingerprint density at radius 2 is 1.81 bits per heavy atom. The number of halogens is 1. The van der Waals surface area contributed by atoms with Crippen molar-refractivity contribution in [2.45, 2.75) is 13.8 Å². The summed E-state index contributed by atoms with van der Waals surface area (Å²) in [5.74, 6) is 0. The van der Waals surface area contributed by atoms with E-state index >= 15 is 0 Å². The van der Waals surface area contributed by atoms with Crippen LogP contribution < -0.4 is 0 Å². The lowest BCUT2D eigenvalue weighted by atomic mass is 10.1. The molecule has 2 rings (SSSR count). The SMILES string of the molecule is Cc1sc(-c2ccc(Cl)cc2)c(C#N)c1C. The highest BCUT2D eigenvalue weighted by atomic mass is 35.5. The molecule has 0 unspecified atom stereocenters. The molecule has 1 aromatic heterocycles. The summed E-state index contributed by atoms with van der Waals surface area (Å²) in [5, 5.41) is 9.87. The average Bonchev–Trinajstić information content (AvgIpc) is 2.56. The van der Waals surface area contributed by atoms with E-state index in [1.54, 1.807) is 11.3 Å². The molecule has 0 spiro atoms. The Hall–Kier alpha value is -1.30. The maximum Gasteiger partial charge on any atom is 0.101 e. The average molecular weight is 248 g/mol. The van der Waals surface area contributed by atoms with Gasteiger partial charge in [-0.25, -0.2) is 0 Å². The van der Waals surface area contributed by atoms with Crippen molar-refractivity contribution in [1.29, 1.82) is 5.26 Å². The van der Waals surface area contributed by atoms with Gasteiger partial charge in [0.15, 0.2) is 0 Å². The van der Waals surface area contributed by atoms with Crippen molar-refractivity contribution in [3.05, 3.63) is 45.3 Å². The fourth-order valence-electron chi connectivity index (χ4n) is 1.57. The molecule has 0 saturated carbocycles. The van der Waals surface area contributed by atoms with Crippen LogP contribution in [-0.4, -0.2) is 0 Å². The predicted molar refractivity (Wildman–Crippen MR) is 69.0 cm³/mol. The second-order valence-electron chi connectivity index (χ2n) is 3.61. The first-order valence-corrected chi connectivity index (χ1v) is 6.09. The highest BCUT2D eigenvalue weighted by Crippen LogP contribution is 2.35. The third-order valence-electron chi connectivity index (χ3n) is 2.60. The van der Waals surface area contributed by atoms with Crippen molar-refractivity contribution in [2.24, 2.45) is 0 Å². The van der Waals surface area contributed by atoms with Gasteiger partial charge in [0.25, 0.3) is 0 Å². The molecule has 2 aromatic rings. The molecule has 0 aliphatic rings. The first-order valence-electron chi connectivity index (χ1n) is 4.89. The Kier molecular flexibility index (Phi) is 3.00. The van der Waals surface area contributed by atoms with Gasteiger partial charge in [-0.3, -0.25) is 0 Å². The monoisotopic (exact) mass is 247 g/mol. The van der Waals surface area contributed by atoms with Crippen LogP contribution >= 0.6 is 22.9 Å². The Balaban J connectivity index is 2.61. The second-order valence-corrected chi connectivity index (χ2v) is 5.27. The molecule has 0 radical (unpaired) electrons. The van der Waals surface area contributed by atoms with Crippen molar-refractivity contribution >= 4 is 22.9 Å². The molecule has 3 heteroatoms. The number of hydrogen-bond donors (Lipinski definition) is 0. The Bertz CT molecular complexity index is 561. The van der Waals surface area contributed by atoms with E-state index in [-0.39, 0.29) is 0 Å². The number of hydrogen-bond acceptors (Lipinski definition) is 2. The zero-order valence-corrected chi connectivity index (χ0v) is 10.6. The van der Waals surface area contributed by atoms with Crippen molar-refractivity contribution < 1.29 is 0 Å². The van der Waals surface area contributed by atoms with Gasteiger partial charge in [0.05, 0.1) is 10.4 Å². The summed E-state index contributed by atoms with van der Waals surface area (Å²) in [4.78, 5) is 2.23. The number of rotatable bonds is 1. The minimum atomic E-state index is 0.715. The van der Waals surface area contributed by atoms with Gasteiger partial charge in [-0.2, -0.15) is 5.26 Å². The van der Waals surface area contributed by atoms with E-state index in [1.807, 2.05) is 38.1 Å². The Labute approximate surface area is 104 Å². The Morgan fingerprint density at radius 3 is 2.38 bits per heavy atom. The van der Waals surface area contributed by atoms with Crippen LogP contribution in [0.2, 0.25) is 5.02 Å². The maximum absolute atomic E-state index is 9.16. The van der Waals surface area contributed by atoms with Gasteiger partial charge in [-0.15, -0.1) is 11.3 Å². The largest absolute Gasteiger partial charge is 0.192 e. The first kappa shape index (κ1) is 11.2. The normalized spacial score (nSPS) is 10.1. The number of benzene rings is 1. The van der Waals surface area contributed by atoms with Crippen LogP contribution in [0.15, 0.2) is 24.3 Å². The third-order valence-corrected chi connectivity index (χ3v) is 4.11. The number of nitriles is 1. The molecule has 80 valence electrons. The molecule has 1 aromatic carbocycles. The van der Waals surface area contributed by atoms with E-state index in [9.17, 15) is 0 Å². The molecule has 0 amide bonds. The fraction of sp³-hybridized carbons (Fsp3) is 0.154. The van der Waals surface area contributed by atoms with E-state index in [2.05, 4.69) is 6.07 Å². The highest BCUT2D eigenvalue weighted by molar-refractivity contribution is 7.15. The summed E-state index contributed by atoms with van der Waals surface area (Å²) in [6.07, 6.45) is 0. The van der Waals surface area contributed by atoms with Crippen LogP contribution in [0.25, 0.3) is 10.4 Å². The summed E-state index contributed by atoms with van der Waals surface area (Å²) in [7, 11) is 0. The zero-order chi connectivity index (χ0) is 11.7. The molecule has 0 N–H and O–H groups in total. The molecule has 0 atom stereocenters. The Morgan fingerprint density at radius 1 is 1.19 bits per heavy atom. The van der Waals surface area contributed by atoms with Gasteiger partial charge in [0, 0.05) is 9.90 Å². The standard InChI is InChI=1S/C13H10ClNS/c1-8-9(2)16-13(12(8)7-15)10-3-5-11(14)6-4-10/h3-6H,1-2H3. The molecule has 16 heavy (non-hydrogen) atoms. The van der Waals surface area contributed by atoms with Gasteiger partial charge < -0.3 is 0 Å². The molecule has 1 nitrogen and oxygen atoms in total. The number of aryl methyl sites for hydroxylation is 1. The van der Waals surface area contributed by atoms with E-state index in [0.29, 0.717) is 5.02 Å². The molecule has 0 fully saturated rings. The minimum absolute atomic E-state index is 0.715. The maximum atomic E-state index is 9.16. The molecule has 0 aliphatic heterocycles. The van der Waals surface area contributed by atoms with Gasteiger partial charge in [-0.05, 0) is 37.1 Å². The summed E-state index contributed by atoms with van der Waals surface area (Å²) in [6.45, 7) is 4.03. The molecule has 0 bridgehead atoms. The van der Waals surface area contributed by atoms with E-state index in [0.717, 1.165) is 21.6 Å². The third kappa shape index (κ3) is 1.84. The van der Waals surface area contributed by atoms with Crippen LogP contribution in [0.3, 0.4) is 0 Å². The highest BCUT2D eigenvalue weighted by Gasteiger charge is 2.13. The summed E-state index contributed by atoms with van der Waals surface area (Å²) in [6, 6.07) is 9.88. The molecule has 0 saturated heterocycles. The topological polar surface area (TPSA) is 23.8 Å². The molecule has 0 aliphatic carbocycles. The smallest absolute Gasteiger partial charge is 0.101 e. The summed E-state index contributed by atoms with van der Waals surface area (Å²) in [5.41, 5.74) is 2.92. The predicted octanol–water partition coefficient (Wildman–Crippen LogP) is 4.56. The zero-order valence-electron chi connectivity index (χ0n) is 9.04. The summed E-state index contributed by atoms with van der Waals surface area (Å²) < 4.78 is 0. The van der Waals surface area contributed by atoms with Crippen LogP contribution in [0.4, 0.5) is 0 Å². The molecular formula is C13H10ClNS. The molecular weight excluding hydrogens is 238 g/mol. The first-order chi connectivity index (χ1) is 7.63. The van der Waals surface area contributed by atoms with Crippen LogP contribution in [0.5, 0.6) is 0 Å². The minimum Gasteiger partial charge on any atom is -0.192 e. The van der Waals surface area contributed by atoms with E-state index in [1.165, 1.54) is 4.88 Å². The lowest BCUT2D eigenvalue weighted by Crippen LogP contribution is -1.80. The number of nitrogens with zero attached hydrogens (tertiary/aromatic N) is 1. The van der Waals surface area contributed by atoms with Crippen LogP contribution in [-0.2, 0) is 0 Å². The van der Waals surface area contributed by atoms with Crippen molar-refractivity contribution in [1.82, 2.24) is 0 Å².